The lowest BCUT2D eigenvalue weighted by atomic mass is 9.84. The molecule has 152 valence electrons. The number of nitrogens with one attached hydrogen (secondary N) is 3. The van der Waals surface area contributed by atoms with Crippen LogP contribution in [-0.2, 0) is 22.6 Å². The molecule has 2 aromatic carbocycles. The second-order valence-electron chi connectivity index (χ2n) is 7.60. The van der Waals surface area contributed by atoms with Crippen LogP contribution >= 0.6 is 0 Å². The molecule has 2 aliphatic rings. The Kier molecular flexibility index (Phi) is 5.62. The summed E-state index contributed by atoms with van der Waals surface area (Å²) in [6.07, 6.45) is -0.565. The first kappa shape index (κ1) is 19.6. The molecule has 2 aliphatic heterocycles. The van der Waals surface area contributed by atoms with Gasteiger partial charge in [-0.15, -0.1) is 0 Å². The van der Waals surface area contributed by atoms with Crippen molar-refractivity contribution in [1.82, 2.24) is 15.8 Å². The predicted octanol–water partition coefficient (Wildman–Crippen LogP) is 1.26. The van der Waals surface area contributed by atoms with E-state index in [0.717, 1.165) is 17.5 Å². The molecule has 2 fully saturated rings. The Morgan fingerprint density at radius 2 is 1.93 bits per heavy atom. The molecule has 29 heavy (non-hydrogen) atoms. The van der Waals surface area contributed by atoms with Crippen molar-refractivity contribution < 1.29 is 14.7 Å². The van der Waals surface area contributed by atoms with Gasteiger partial charge in [0.25, 0.3) is 0 Å². The maximum absolute atomic E-state index is 12.8. The van der Waals surface area contributed by atoms with Crippen LogP contribution in [0.3, 0.4) is 0 Å². The molecule has 2 saturated heterocycles. The number of benzene rings is 2. The zero-order chi connectivity index (χ0) is 20.4. The molecule has 2 aromatic rings. The summed E-state index contributed by atoms with van der Waals surface area (Å²) in [4.78, 5) is 25.5. The number of piperidine rings is 1. The highest BCUT2D eigenvalue weighted by atomic mass is 16.3. The molecule has 2 amide bonds. The molecule has 0 aliphatic carbocycles. The lowest BCUT2D eigenvalue weighted by Gasteiger charge is -2.38. The van der Waals surface area contributed by atoms with E-state index >= 15 is 0 Å². The maximum atomic E-state index is 12.8. The second kappa shape index (κ2) is 8.32. The fourth-order valence-electron chi connectivity index (χ4n) is 4.09. The maximum Gasteiger partial charge on any atom is 0.239 e. The number of aryl methyl sites for hydroxylation is 1. The first-order valence-electron chi connectivity index (χ1n) is 9.99. The lowest BCUT2D eigenvalue weighted by Crippen LogP contribution is -2.62. The molecule has 7 nitrogen and oxygen atoms in total. The Morgan fingerprint density at radius 1 is 1.17 bits per heavy atom. The number of carbonyl (C=O) groups excluding carboxylic acids is 2. The number of aliphatic hydroxyl groups excluding tert-OH is 1. The van der Waals surface area contributed by atoms with Gasteiger partial charge in [0.15, 0.2) is 0 Å². The topological polar surface area (TPSA) is 93.7 Å². The van der Waals surface area contributed by atoms with Crippen molar-refractivity contribution in [2.24, 2.45) is 11.8 Å². The number of amides is 2. The molecule has 4 atom stereocenters. The molecule has 4 rings (SSSR count). The Labute approximate surface area is 170 Å². The van der Waals surface area contributed by atoms with Crippen molar-refractivity contribution in [2.45, 2.75) is 32.2 Å². The van der Waals surface area contributed by atoms with E-state index in [2.05, 4.69) is 16.1 Å². The van der Waals surface area contributed by atoms with Gasteiger partial charge in [-0.05, 0) is 29.7 Å². The summed E-state index contributed by atoms with van der Waals surface area (Å²) in [5.41, 5.74) is 6.07. The quantitative estimate of drug-likeness (QED) is 0.573. The molecule has 2 heterocycles. The minimum atomic E-state index is -1.14. The highest BCUT2D eigenvalue weighted by Crippen LogP contribution is 2.29. The zero-order valence-electron chi connectivity index (χ0n) is 16.3. The average Bonchev–Trinajstić information content (AvgIpc) is 3.11. The second-order valence-corrected chi connectivity index (χ2v) is 7.60. The van der Waals surface area contributed by atoms with E-state index in [4.69, 9.17) is 0 Å². The minimum Gasteiger partial charge on any atom is -0.391 e. The predicted molar refractivity (Wildman–Crippen MR) is 109 cm³/mol. The molecular weight excluding hydrogens is 368 g/mol. The van der Waals surface area contributed by atoms with Crippen LogP contribution in [0.4, 0.5) is 5.69 Å². The molecule has 0 aromatic heterocycles. The molecule has 0 spiro atoms. The minimum absolute atomic E-state index is 0.269. The first-order valence-corrected chi connectivity index (χ1v) is 9.99. The van der Waals surface area contributed by atoms with Gasteiger partial charge in [0, 0.05) is 24.7 Å². The number of fused-ring (bicyclic) bond motifs is 1. The first-order chi connectivity index (χ1) is 14.1. The lowest BCUT2D eigenvalue weighted by molar-refractivity contribution is -0.146. The summed E-state index contributed by atoms with van der Waals surface area (Å²) >= 11 is 0. The summed E-state index contributed by atoms with van der Waals surface area (Å²) in [5, 5.41) is 18.5. The summed E-state index contributed by atoms with van der Waals surface area (Å²) in [7, 11) is 0. The molecule has 0 saturated carbocycles. The highest BCUT2D eigenvalue weighted by Gasteiger charge is 2.51. The third kappa shape index (κ3) is 4.03. The van der Waals surface area contributed by atoms with Crippen LogP contribution in [0.1, 0.15) is 18.1 Å². The van der Waals surface area contributed by atoms with Gasteiger partial charge in [-0.1, -0.05) is 49.4 Å². The number of nitrogens with zero attached hydrogens (tertiary/aromatic N) is 1. The van der Waals surface area contributed by atoms with Gasteiger partial charge < -0.3 is 15.7 Å². The van der Waals surface area contributed by atoms with Crippen LogP contribution in [0, 0.1) is 11.8 Å². The van der Waals surface area contributed by atoms with Gasteiger partial charge in [0.1, 0.15) is 12.1 Å². The van der Waals surface area contributed by atoms with Crippen LogP contribution in [0.5, 0.6) is 0 Å². The van der Waals surface area contributed by atoms with Crippen molar-refractivity contribution in [3.8, 4) is 0 Å². The van der Waals surface area contributed by atoms with E-state index in [1.165, 1.54) is 0 Å². The van der Waals surface area contributed by atoms with Crippen LogP contribution in [0.2, 0.25) is 0 Å². The van der Waals surface area contributed by atoms with E-state index in [0.29, 0.717) is 18.8 Å². The zero-order valence-corrected chi connectivity index (χ0v) is 16.3. The van der Waals surface area contributed by atoms with Crippen molar-refractivity contribution >= 4 is 17.5 Å². The van der Waals surface area contributed by atoms with Gasteiger partial charge >= 0.3 is 0 Å². The number of hydrogen-bond acceptors (Lipinski definition) is 5. The molecule has 4 unspecified atom stereocenters. The van der Waals surface area contributed by atoms with Crippen LogP contribution < -0.4 is 16.1 Å². The molecule has 0 bridgehead atoms. The molecular formula is C22H26N4O3. The van der Waals surface area contributed by atoms with Gasteiger partial charge in [-0.25, -0.2) is 5.01 Å². The van der Waals surface area contributed by atoms with Crippen molar-refractivity contribution in [3.63, 3.8) is 0 Å². The number of hydrazine groups is 1. The summed E-state index contributed by atoms with van der Waals surface area (Å²) in [6, 6.07) is 17.4. The monoisotopic (exact) mass is 394 g/mol. The fraction of sp³-hybridized carbons (Fsp3) is 0.364. The van der Waals surface area contributed by atoms with Gasteiger partial charge in [-0.3, -0.25) is 15.0 Å². The van der Waals surface area contributed by atoms with E-state index < -0.39 is 23.8 Å². The number of hydrogen-bond donors (Lipinski definition) is 4. The number of rotatable bonds is 5. The molecule has 4 N–H and O–H groups in total. The fourth-order valence-corrected chi connectivity index (χ4v) is 4.09. The summed E-state index contributed by atoms with van der Waals surface area (Å²) < 4.78 is 0. The third-order valence-electron chi connectivity index (χ3n) is 5.71. The van der Waals surface area contributed by atoms with Gasteiger partial charge in [-0.2, -0.15) is 0 Å². The standard InChI is InChI=1S/C22H26N4O3/c1-2-14-9-6-10-16(11-14)24-21(28)18-19(27)17-12-23-26(20(17)25-22(18)29)13-15-7-4-3-5-8-15/h3-11,17-20,23,27H,2,12-13H2,1H3,(H,24,28)(H,25,29). The number of carbonyl (C=O) groups is 2. The van der Waals surface area contributed by atoms with Gasteiger partial charge in [0.05, 0.1) is 6.10 Å². The third-order valence-corrected chi connectivity index (χ3v) is 5.71. The molecule has 7 heteroatoms. The van der Waals surface area contributed by atoms with E-state index in [9.17, 15) is 14.7 Å². The van der Waals surface area contributed by atoms with Crippen molar-refractivity contribution in [2.75, 3.05) is 11.9 Å². The van der Waals surface area contributed by atoms with Crippen LogP contribution in [0.15, 0.2) is 54.6 Å². The van der Waals surface area contributed by atoms with Crippen LogP contribution in [0.25, 0.3) is 0 Å². The van der Waals surface area contributed by atoms with E-state index in [-0.39, 0.29) is 12.1 Å². The number of aliphatic hydroxyl groups is 1. The normalized spacial score (nSPS) is 26.6. The number of anilines is 1. The SMILES string of the molecule is CCc1cccc(NC(=O)C2C(=O)NC3C(CNN3Cc3ccccc3)C2O)c1. The smallest absolute Gasteiger partial charge is 0.239 e. The average molecular weight is 394 g/mol. The van der Waals surface area contributed by atoms with Crippen molar-refractivity contribution in [3.05, 3.63) is 65.7 Å². The summed E-state index contributed by atoms with van der Waals surface area (Å²) in [5.74, 6) is -2.35. The van der Waals surface area contributed by atoms with Gasteiger partial charge in [0.2, 0.25) is 11.8 Å². The highest BCUT2D eigenvalue weighted by molar-refractivity contribution is 6.07. The Morgan fingerprint density at radius 3 is 2.69 bits per heavy atom. The van der Waals surface area contributed by atoms with E-state index in [1.807, 2.05) is 60.5 Å². The van der Waals surface area contributed by atoms with Crippen LogP contribution in [-0.4, -0.2) is 40.7 Å². The Balaban J connectivity index is 1.45. The van der Waals surface area contributed by atoms with Crippen molar-refractivity contribution in [1.29, 1.82) is 0 Å². The summed E-state index contributed by atoms with van der Waals surface area (Å²) in [6.45, 7) is 3.12. The largest absolute Gasteiger partial charge is 0.391 e. The Hall–Kier alpha value is -2.74. The molecule has 0 radical (unpaired) electrons. The Bertz CT molecular complexity index is 889. The van der Waals surface area contributed by atoms with E-state index in [1.54, 1.807) is 6.07 Å².